The SMILES string of the molecule is COc1ccc(S(=O)(=O)N2CCCN(c3ccncc3C)CC2)cc1F. The molecule has 0 bridgehead atoms. The number of hydrogen-bond donors (Lipinski definition) is 0. The first-order valence-corrected chi connectivity index (χ1v) is 9.87. The van der Waals surface area contributed by atoms with E-state index in [4.69, 9.17) is 4.74 Å². The molecule has 0 aliphatic carbocycles. The first-order chi connectivity index (χ1) is 12.4. The van der Waals surface area contributed by atoms with Gasteiger partial charge < -0.3 is 9.64 Å². The monoisotopic (exact) mass is 379 g/mol. The number of pyridine rings is 1. The fourth-order valence-corrected chi connectivity index (χ4v) is 4.63. The van der Waals surface area contributed by atoms with Crippen molar-refractivity contribution in [1.82, 2.24) is 9.29 Å². The smallest absolute Gasteiger partial charge is 0.243 e. The molecule has 0 N–H and O–H groups in total. The Labute approximate surface area is 153 Å². The van der Waals surface area contributed by atoms with Gasteiger partial charge >= 0.3 is 0 Å². The summed E-state index contributed by atoms with van der Waals surface area (Å²) in [7, 11) is -2.41. The summed E-state index contributed by atoms with van der Waals surface area (Å²) in [6, 6.07) is 5.68. The minimum Gasteiger partial charge on any atom is -0.494 e. The fraction of sp³-hybridized carbons (Fsp3) is 0.389. The molecule has 26 heavy (non-hydrogen) atoms. The van der Waals surface area contributed by atoms with Gasteiger partial charge in [0.15, 0.2) is 11.6 Å². The lowest BCUT2D eigenvalue weighted by Gasteiger charge is -2.24. The van der Waals surface area contributed by atoms with Gasteiger partial charge in [-0.1, -0.05) is 0 Å². The average Bonchev–Trinajstić information content (AvgIpc) is 2.88. The molecule has 0 unspecified atom stereocenters. The van der Waals surface area contributed by atoms with Gasteiger partial charge in [-0.15, -0.1) is 0 Å². The van der Waals surface area contributed by atoms with E-state index in [-0.39, 0.29) is 10.6 Å². The van der Waals surface area contributed by atoms with E-state index < -0.39 is 15.8 Å². The third kappa shape index (κ3) is 3.66. The number of methoxy groups -OCH3 is 1. The lowest BCUT2D eigenvalue weighted by atomic mass is 10.2. The van der Waals surface area contributed by atoms with Gasteiger partial charge in [0, 0.05) is 44.3 Å². The van der Waals surface area contributed by atoms with E-state index >= 15 is 0 Å². The number of halogens is 1. The van der Waals surface area contributed by atoms with Crippen LogP contribution >= 0.6 is 0 Å². The van der Waals surface area contributed by atoms with Crippen LogP contribution in [0.3, 0.4) is 0 Å². The van der Waals surface area contributed by atoms with Crippen LogP contribution in [0.2, 0.25) is 0 Å². The minimum absolute atomic E-state index is 0.0270. The second kappa shape index (κ2) is 7.59. The molecule has 8 heteroatoms. The van der Waals surface area contributed by atoms with Gasteiger partial charge in [-0.2, -0.15) is 4.31 Å². The Balaban J connectivity index is 1.80. The van der Waals surface area contributed by atoms with Crippen LogP contribution in [-0.2, 0) is 10.0 Å². The van der Waals surface area contributed by atoms with Crippen LogP contribution in [0.5, 0.6) is 5.75 Å². The number of aryl methyl sites for hydroxylation is 1. The number of nitrogens with zero attached hydrogens (tertiary/aromatic N) is 3. The average molecular weight is 379 g/mol. The molecule has 2 aromatic rings. The molecule has 6 nitrogen and oxygen atoms in total. The maximum atomic E-state index is 13.9. The number of hydrogen-bond acceptors (Lipinski definition) is 5. The summed E-state index contributed by atoms with van der Waals surface area (Å²) in [5.74, 6) is -0.656. The summed E-state index contributed by atoms with van der Waals surface area (Å²) in [5, 5.41) is 0. The molecule has 0 spiro atoms. The van der Waals surface area contributed by atoms with E-state index in [1.54, 1.807) is 12.4 Å². The molecule has 0 amide bonds. The zero-order chi connectivity index (χ0) is 18.7. The van der Waals surface area contributed by atoms with E-state index in [1.807, 2.05) is 13.0 Å². The Morgan fingerprint density at radius 3 is 2.65 bits per heavy atom. The maximum Gasteiger partial charge on any atom is 0.243 e. The van der Waals surface area contributed by atoms with Crippen molar-refractivity contribution < 1.29 is 17.5 Å². The number of aromatic nitrogens is 1. The van der Waals surface area contributed by atoms with Crippen molar-refractivity contribution in [3.8, 4) is 5.75 Å². The number of sulfonamides is 1. The molecule has 0 saturated carbocycles. The Morgan fingerprint density at radius 1 is 1.15 bits per heavy atom. The second-order valence-electron chi connectivity index (χ2n) is 6.20. The van der Waals surface area contributed by atoms with Crippen molar-refractivity contribution in [1.29, 1.82) is 0 Å². The summed E-state index contributed by atoms with van der Waals surface area (Å²) >= 11 is 0. The molecule has 1 aromatic carbocycles. The van der Waals surface area contributed by atoms with Crippen LogP contribution in [0.25, 0.3) is 0 Å². The summed E-state index contributed by atoms with van der Waals surface area (Å²) in [5.41, 5.74) is 2.12. The van der Waals surface area contributed by atoms with E-state index in [2.05, 4.69) is 9.88 Å². The molecule has 0 radical (unpaired) electrons. The van der Waals surface area contributed by atoms with E-state index in [0.717, 1.165) is 23.9 Å². The van der Waals surface area contributed by atoms with Crippen LogP contribution in [0.1, 0.15) is 12.0 Å². The Bertz CT molecular complexity index is 889. The zero-order valence-corrected chi connectivity index (χ0v) is 15.7. The molecule has 1 saturated heterocycles. The highest BCUT2D eigenvalue weighted by Gasteiger charge is 2.28. The van der Waals surface area contributed by atoms with E-state index in [1.165, 1.54) is 23.5 Å². The van der Waals surface area contributed by atoms with Gasteiger partial charge in [0.1, 0.15) is 0 Å². The topological polar surface area (TPSA) is 62.7 Å². The lowest BCUT2D eigenvalue weighted by molar-refractivity contribution is 0.385. The molecule has 1 aliphatic heterocycles. The van der Waals surface area contributed by atoms with Crippen molar-refractivity contribution in [3.63, 3.8) is 0 Å². The van der Waals surface area contributed by atoms with E-state index in [0.29, 0.717) is 26.1 Å². The summed E-state index contributed by atoms with van der Waals surface area (Å²) in [6.07, 6.45) is 4.23. The van der Waals surface area contributed by atoms with Crippen molar-refractivity contribution in [2.24, 2.45) is 0 Å². The molecule has 1 aliphatic rings. The standard InChI is InChI=1S/C18H22FN3O3S/c1-14-13-20-7-6-17(14)21-8-3-9-22(11-10-21)26(23,24)15-4-5-18(25-2)16(19)12-15/h4-7,12-13H,3,8-11H2,1-2H3. The Morgan fingerprint density at radius 2 is 1.96 bits per heavy atom. The predicted octanol–water partition coefficient (Wildman–Crippen LogP) is 2.44. The van der Waals surface area contributed by atoms with Crippen LogP contribution in [-0.4, -0.2) is 51.0 Å². The zero-order valence-electron chi connectivity index (χ0n) is 14.9. The maximum absolute atomic E-state index is 13.9. The quantitative estimate of drug-likeness (QED) is 0.817. The van der Waals surface area contributed by atoms with Crippen molar-refractivity contribution in [2.45, 2.75) is 18.2 Å². The molecule has 1 fully saturated rings. The van der Waals surface area contributed by atoms with Crippen molar-refractivity contribution >= 4 is 15.7 Å². The summed E-state index contributed by atoms with van der Waals surface area (Å²) < 4.78 is 46.0. The number of rotatable bonds is 4. The number of benzene rings is 1. The van der Waals surface area contributed by atoms with Crippen LogP contribution in [0.15, 0.2) is 41.6 Å². The third-order valence-corrected chi connectivity index (χ3v) is 6.44. The van der Waals surface area contributed by atoms with Gasteiger partial charge in [-0.25, -0.2) is 12.8 Å². The fourth-order valence-electron chi connectivity index (χ4n) is 3.15. The first-order valence-electron chi connectivity index (χ1n) is 8.43. The highest BCUT2D eigenvalue weighted by molar-refractivity contribution is 7.89. The van der Waals surface area contributed by atoms with Gasteiger partial charge in [0.05, 0.1) is 12.0 Å². The van der Waals surface area contributed by atoms with Gasteiger partial charge in [0.2, 0.25) is 10.0 Å². The molecule has 3 rings (SSSR count). The van der Waals surface area contributed by atoms with Crippen molar-refractivity contribution in [3.05, 3.63) is 48.0 Å². The third-order valence-electron chi connectivity index (χ3n) is 4.55. The molecule has 140 valence electrons. The van der Waals surface area contributed by atoms with Crippen LogP contribution in [0.4, 0.5) is 10.1 Å². The highest BCUT2D eigenvalue weighted by Crippen LogP contribution is 2.25. The highest BCUT2D eigenvalue weighted by atomic mass is 32.2. The van der Waals surface area contributed by atoms with Gasteiger partial charge in [-0.05, 0) is 43.2 Å². The Kier molecular flexibility index (Phi) is 5.43. The second-order valence-corrected chi connectivity index (χ2v) is 8.14. The van der Waals surface area contributed by atoms with E-state index in [9.17, 15) is 12.8 Å². The molecular weight excluding hydrogens is 357 g/mol. The largest absolute Gasteiger partial charge is 0.494 e. The summed E-state index contributed by atoms with van der Waals surface area (Å²) in [6.45, 7) is 4.06. The summed E-state index contributed by atoms with van der Waals surface area (Å²) in [4.78, 5) is 6.22. The number of ether oxygens (including phenoxy) is 1. The molecule has 0 atom stereocenters. The minimum atomic E-state index is -3.75. The Hall–Kier alpha value is -2.19. The first kappa shape index (κ1) is 18.6. The molecule has 2 heterocycles. The molecular formula is C18H22FN3O3S. The lowest BCUT2D eigenvalue weighted by Crippen LogP contribution is -2.35. The normalized spacial score (nSPS) is 16.3. The molecule has 1 aromatic heterocycles. The van der Waals surface area contributed by atoms with Crippen LogP contribution < -0.4 is 9.64 Å². The van der Waals surface area contributed by atoms with Crippen LogP contribution in [0, 0.1) is 12.7 Å². The predicted molar refractivity (Wildman–Crippen MR) is 97.5 cm³/mol. The van der Waals surface area contributed by atoms with Gasteiger partial charge in [0.25, 0.3) is 0 Å². The van der Waals surface area contributed by atoms with Crippen molar-refractivity contribution in [2.75, 3.05) is 38.2 Å². The van der Waals surface area contributed by atoms with Gasteiger partial charge in [-0.3, -0.25) is 4.98 Å². The number of anilines is 1.